The number of hydrogen-bond acceptors (Lipinski definition) is 4. The fraction of sp³-hybridized carbons (Fsp3) is 0.615. The number of hydrogen-bond donors (Lipinski definition) is 0. The molecule has 0 N–H and O–H groups in total. The van der Waals surface area contributed by atoms with Crippen molar-refractivity contribution in [2.45, 2.75) is 39.5 Å². The van der Waals surface area contributed by atoms with E-state index < -0.39 is 23.4 Å². The Hall–Kier alpha value is -0.214. The van der Waals surface area contributed by atoms with Crippen molar-refractivity contribution in [3.05, 3.63) is 11.8 Å². The van der Waals surface area contributed by atoms with Crippen molar-refractivity contribution >= 4 is 17.8 Å². The van der Waals surface area contributed by atoms with Crippen LogP contribution in [0.5, 0.6) is 0 Å². The minimum absolute atomic E-state index is 0. The van der Waals surface area contributed by atoms with E-state index in [9.17, 15) is 19.5 Å². The van der Waals surface area contributed by atoms with Gasteiger partial charge in [0, 0.05) is 13.1 Å². The van der Waals surface area contributed by atoms with Crippen LogP contribution in [0, 0.1) is 0 Å². The van der Waals surface area contributed by atoms with Crippen LogP contribution in [0.3, 0.4) is 0 Å². The standard InChI is InChI=1S/C13H20N2O4.K/c1-3-5-7-14-11(17)10(9-16)12(18)15(13(14)19)8-6-4-2;/h9,16H,3-8H2,1-2H3;/q;+1/p-1. The molecule has 20 heavy (non-hydrogen) atoms. The Bertz CT molecular complexity index is 377. The van der Waals surface area contributed by atoms with Crippen LogP contribution in [-0.2, 0) is 9.59 Å². The fourth-order valence-electron chi connectivity index (χ4n) is 1.83. The Morgan fingerprint density at radius 1 is 0.950 bits per heavy atom. The van der Waals surface area contributed by atoms with Crippen LogP contribution in [0.15, 0.2) is 11.8 Å². The van der Waals surface area contributed by atoms with Crippen molar-refractivity contribution < 1.29 is 70.9 Å². The van der Waals surface area contributed by atoms with Gasteiger partial charge in [0.25, 0.3) is 11.8 Å². The molecule has 0 aromatic heterocycles. The number of carbonyl (C=O) groups is 3. The van der Waals surface area contributed by atoms with E-state index in [0.717, 1.165) is 22.6 Å². The van der Waals surface area contributed by atoms with Gasteiger partial charge >= 0.3 is 57.4 Å². The number of nitrogens with zero attached hydrogens (tertiary/aromatic N) is 2. The van der Waals surface area contributed by atoms with E-state index in [4.69, 9.17) is 0 Å². The van der Waals surface area contributed by atoms with Crippen molar-refractivity contribution in [3.8, 4) is 0 Å². The van der Waals surface area contributed by atoms with Crippen molar-refractivity contribution in [2.24, 2.45) is 0 Å². The third-order valence-electron chi connectivity index (χ3n) is 3.00. The summed E-state index contributed by atoms with van der Waals surface area (Å²) in [7, 11) is 0. The van der Waals surface area contributed by atoms with E-state index in [0.29, 0.717) is 12.8 Å². The molecule has 0 spiro atoms. The molecule has 1 rings (SSSR count). The molecular formula is C13H19KN2O4. The second kappa shape index (κ2) is 9.67. The van der Waals surface area contributed by atoms with Crippen molar-refractivity contribution in [3.63, 3.8) is 0 Å². The van der Waals surface area contributed by atoms with Gasteiger partial charge in [0.2, 0.25) is 0 Å². The van der Waals surface area contributed by atoms with Gasteiger partial charge in [-0.05, 0) is 12.8 Å². The molecule has 0 radical (unpaired) electrons. The molecule has 1 saturated heterocycles. The molecule has 1 fully saturated rings. The molecule has 0 saturated carbocycles. The van der Waals surface area contributed by atoms with Gasteiger partial charge in [-0.15, -0.1) is 6.26 Å². The number of amides is 4. The molecular weight excluding hydrogens is 287 g/mol. The predicted octanol–water partition coefficient (Wildman–Crippen LogP) is -2.37. The summed E-state index contributed by atoms with van der Waals surface area (Å²) in [6.07, 6.45) is 3.18. The fourth-order valence-corrected chi connectivity index (χ4v) is 1.83. The molecule has 6 nitrogen and oxygen atoms in total. The summed E-state index contributed by atoms with van der Waals surface area (Å²) in [5.74, 6) is -1.54. The minimum atomic E-state index is -0.772. The zero-order valence-corrected chi connectivity index (χ0v) is 15.5. The molecule has 0 atom stereocenters. The van der Waals surface area contributed by atoms with Crippen LogP contribution in [0.4, 0.5) is 4.79 Å². The van der Waals surface area contributed by atoms with Gasteiger partial charge in [-0.25, -0.2) is 4.79 Å². The molecule has 0 aromatic carbocycles. The zero-order valence-electron chi connectivity index (χ0n) is 12.3. The Morgan fingerprint density at radius 2 is 1.35 bits per heavy atom. The average molecular weight is 306 g/mol. The number of urea groups is 1. The monoisotopic (exact) mass is 306 g/mol. The second-order valence-electron chi connectivity index (χ2n) is 4.43. The summed E-state index contributed by atoms with van der Waals surface area (Å²) in [6.45, 7) is 4.34. The first-order valence-electron chi connectivity index (χ1n) is 6.58. The topological polar surface area (TPSA) is 80.8 Å². The summed E-state index contributed by atoms with van der Waals surface area (Å²) in [5.41, 5.74) is -0.452. The maximum Gasteiger partial charge on any atom is 1.00 e. The summed E-state index contributed by atoms with van der Waals surface area (Å²) >= 11 is 0. The van der Waals surface area contributed by atoms with E-state index in [-0.39, 0.29) is 70.7 Å². The second-order valence-corrected chi connectivity index (χ2v) is 4.43. The zero-order chi connectivity index (χ0) is 14.4. The van der Waals surface area contributed by atoms with E-state index in [1.165, 1.54) is 0 Å². The molecule has 0 bridgehead atoms. The minimum Gasteiger partial charge on any atom is -0.877 e. The van der Waals surface area contributed by atoms with Gasteiger partial charge in [0.05, 0.1) is 5.57 Å². The van der Waals surface area contributed by atoms with E-state index in [1.807, 2.05) is 13.8 Å². The van der Waals surface area contributed by atoms with Gasteiger partial charge < -0.3 is 5.11 Å². The molecule has 106 valence electrons. The Balaban J connectivity index is 0.00000361. The molecule has 1 aliphatic rings. The number of rotatable bonds is 6. The van der Waals surface area contributed by atoms with Crippen molar-refractivity contribution in [1.82, 2.24) is 9.80 Å². The molecule has 0 unspecified atom stereocenters. The number of unbranched alkanes of at least 4 members (excludes halogenated alkanes) is 2. The van der Waals surface area contributed by atoms with Gasteiger partial charge in [-0.2, -0.15) is 0 Å². The van der Waals surface area contributed by atoms with E-state index in [2.05, 4.69) is 0 Å². The number of imide groups is 2. The third-order valence-corrected chi connectivity index (χ3v) is 3.00. The predicted molar refractivity (Wildman–Crippen MR) is 66.7 cm³/mol. The molecule has 0 aromatic rings. The van der Waals surface area contributed by atoms with Crippen LogP contribution in [-0.4, -0.2) is 40.7 Å². The molecule has 0 aliphatic carbocycles. The first kappa shape index (κ1) is 19.8. The van der Waals surface area contributed by atoms with Gasteiger partial charge in [0.1, 0.15) is 0 Å². The van der Waals surface area contributed by atoms with E-state index >= 15 is 0 Å². The Labute approximate surface area is 161 Å². The number of barbiturate groups is 1. The molecule has 4 amide bonds. The largest absolute Gasteiger partial charge is 1.00 e. The van der Waals surface area contributed by atoms with Gasteiger partial charge in [-0.1, -0.05) is 26.7 Å². The maximum absolute atomic E-state index is 12.1. The summed E-state index contributed by atoms with van der Waals surface area (Å²) < 4.78 is 0. The molecule has 7 heteroatoms. The SMILES string of the molecule is CCCCN1C(=O)C(=C[O-])C(=O)N(CCCC)C1=O.[K+]. The van der Waals surface area contributed by atoms with Crippen LogP contribution in [0.25, 0.3) is 0 Å². The molecule has 1 aliphatic heterocycles. The summed E-state index contributed by atoms with van der Waals surface area (Å²) in [4.78, 5) is 37.9. The van der Waals surface area contributed by atoms with Crippen molar-refractivity contribution in [1.29, 1.82) is 0 Å². The van der Waals surface area contributed by atoms with Crippen LogP contribution >= 0.6 is 0 Å². The Kier molecular flexibility index (Phi) is 9.57. The van der Waals surface area contributed by atoms with E-state index in [1.54, 1.807) is 0 Å². The first-order chi connectivity index (χ1) is 9.08. The number of carbonyl (C=O) groups excluding carboxylic acids is 3. The maximum atomic E-state index is 12.1. The average Bonchev–Trinajstić information content (AvgIpc) is 2.39. The van der Waals surface area contributed by atoms with Gasteiger partial charge in [0.15, 0.2) is 0 Å². The third kappa shape index (κ3) is 4.39. The smallest absolute Gasteiger partial charge is 0.877 e. The van der Waals surface area contributed by atoms with Crippen LogP contribution in [0.1, 0.15) is 39.5 Å². The van der Waals surface area contributed by atoms with Gasteiger partial charge in [-0.3, -0.25) is 19.4 Å². The summed E-state index contributed by atoms with van der Waals surface area (Å²) in [6, 6.07) is -0.609. The molecule has 1 heterocycles. The first-order valence-corrected chi connectivity index (χ1v) is 6.58. The van der Waals surface area contributed by atoms with Crippen LogP contribution < -0.4 is 56.5 Å². The summed E-state index contributed by atoms with van der Waals surface area (Å²) in [5, 5.41) is 10.9. The normalized spacial score (nSPS) is 15.5. The van der Waals surface area contributed by atoms with Crippen LogP contribution in [0.2, 0.25) is 0 Å². The van der Waals surface area contributed by atoms with Crippen molar-refractivity contribution in [2.75, 3.05) is 13.1 Å². The Morgan fingerprint density at radius 3 is 1.65 bits per heavy atom. The quantitative estimate of drug-likeness (QED) is 0.238.